The fourth-order valence-corrected chi connectivity index (χ4v) is 5.02. The van der Waals surface area contributed by atoms with Crippen LogP contribution in [0.2, 0.25) is 0 Å². The Hall–Kier alpha value is -4.25. The molecule has 1 aliphatic rings. The lowest BCUT2D eigenvalue weighted by Gasteiger charge is -2.22. The van der Waals surface area contributed by atoms with Crippen LogP contribution in [0.15, 0.2) is 91.0 Å². The van der Waals surface area contributed by atoms with Crippen LogP contribution >= 0.6 is 0 Å². The van der Waals surface area contributed by atoms with Crippen molar-refractivity contribution in [2.45, 2.75) is 65.8 Å². The molecular formula is C36H39NO4. The molecule has 0 spiro atoms. The number of hydrogen-bond acceptors (Lipinski definition) is 4. The standard InChI is InChI=1S/C36H39NO4/c1-4-5-18-39-31-17-16-29-22-37(23-30(29)19-31)36(38)33-20-32(26(2)3)34(40-24-27-12-8-6-9-13-27)21-35(33)41-25-28-14-10-7-11-15-28/h6-17,19-21,26H,4-5,18,22-25H2,1-3H3. The third kappa shape index (κ3) is 7.10. The molecule has 5 nitrogen and oxygen atoms in total. The van der Waals surface area contributed by atoms with Gasteiger partial charge in [-0.2, -0.15) is 0 Å². The van der Waals surface area contributed by atoms with Crippen LogP contribution in [0.1, 0.15) is 77.7 Å². The molecule has 1 aliphatic heterocycles. The van der Waals surface area contributed by atoms with Gasteiger partial charge in [0.15, 0.2) is 0 Å². The van der Waals surface area contributed by atoms with Gasteiger partial charge in [-0.25, -0.2) is 0 Å². The van der Waals surface area contributed by atoms with E-state index in [1.165, 1.54) is 0 Å². The van der Waals surface area contributed by atoms with Crippen molar-refractivity contribution in [3.05, 3.63) is 124 Å². The molecule has 0 saturated carbocycles. The second-order valence-electron chi connectivity index (χ2n) is 10.9. The molecule has 0 radical (unpaired) electrons. The Kier molecular flexibility index (Phi) is 9.25. The molecule has 4 aromatic carbocycles. The van der Waals surface area contributed by atoms with Crippen molar-refractivity contribution >= 4 is 5.91 Å². The van der Waals surface area contributed by atoms with Crippen molar-refractivity contribution in [2.75, 3.05) is 6.61 Å². The number of fused-ring (bicyclic) bond motifs is 1. The molecule has 5 heteroatoms. The van der Waals surface area contributed by atoms with Crippen LogP contribution < -0.4 is 14.2 Å². The number of nitrogens with zero attached hydrogens (tertiary/aromatic N) is 1. The predicted molar refractivity (Wildman–Crippen MR) is 163 cm³/mol. The molecular weight excluding hydrogens is 510 g/mol. The van der Waals surface area contributed by atoms with E-state index in [9.17, 15) is 4.79 Å². The van der Waals surface area contributed by atoms with Crippen LogP contribution in [0.25, 0.3) is 0 Å². The normalized spacial score (nSPS) is 12.3. The van der Waals surface area contributed by atoms with Gasteiger partial charge in [-0.15, -0.1) is 0 Å². The Labute approximate surface area is 243 Å². The van der Waals surface area contributed by atoms with Crippen LogP contribution in [0.3, 0.4) is 0 Å². The maximum atomic E-state index is 14.1. The smallest absolute Gasteiger partial charge is 0.258 e. The first-order valence-electron chi connectivity index (χ1n) is 14.6. The summed E-state index contributed by atoms with van der Waals surface area (Å²) in [7, 11) is 0. The first-order chi connectivity index (χ1) is 20.0. The van der Waals surface area contributed by atoms with E-state index in [0.717, 1.165) is 52.2 Å². The number of unbranched alkanes of at least 4 members (excludes halogenated alkanes) is 1. The third-order valence-electron chi connectivity index (χ3n) is 7.39. The number of rotatable bonds is 12. The topological polar surface area (TPSA) is 48.0 Å². The summed E-state index contributed by atoms with van der Waals surface area (Å²) in [6.45, 7) is 9.00. The van der Waals surface area contributed by atoms with Crippen molar-refractivity contribution in [3.63, 3.8) is 0 Å². The molecule has 0 saturated heterocycles. The Balaban J connectivity index is 1.42. The highest BCUT2D eigenvalue weighted by Gasteiger charge is 2.28. The average Bonchev–Trinajstić information content (AvgIpc) is 3.43. The van der Waals surface area contributed by atoms with Crippen molar-refractivity contribution in [1.29, 1.82) is 0 Å². The zero-order chi connectivity index (χ0) is 28.6. The molecule has 5 rings (SSSR count). The van der Waals surface area contributed by atoms with Crippen LogP contribution in [-0.4, -0.2) is 17.4 Å². The second-order valence-corrected chi connectivity index (χ2v) is 10.9. The Morgan fingerprint density at radius 2 is 1.39 bits per heavy atom. The molecule has 0 fully saturated rings. The summed E-state index contributed by atoms with van der Waals surface area (Å²) in [5, 5.41) is 0. The summed E-state index contributed by atoms with van der Waals surface area (Å²) in [6.07, 6.45) is 2.12. The lowest BCUT2D eigenvalue weighted by Crippen LogP contribution is -2.26. The summed E-state index contributed by atoms with van der Waals surface area (Å²) >= 11 is 0. The number of benzene rings is 4. The molecule has 0 unspecified atom stereocenters. The van der Waals surface area contributed by atoms with Gasteiger partial charge < -0.3 is 19.1 Å². The van der Waals surface area contributed by atoms with E-state index >= 15 is 0 Å². The van der Waals surface area contributed by atoms with Gasteiger partial charge in [-0.3, -0.25) is 4.79 Å². The van der Waals surface area contributed by atoms with Gasteiger partial charge in [0.05, 0.1) is 12.2 Å². The first kappa shape index (κ1) is 28.3. The average molecular weight is 550 g/mol. The van der Waals surface area contributed by atoms with Gasteiger partial charge in [0, 0.05) is 19.2 Å². The van der Waals surface area contributed by atoms with Gasteiger partial charge in [0.2, 0.25) is 0 Å². The van der Waals surface area contributed by atoms with Crippen molar-refractivity contribution in [1.82, 2.24) is 4.90 Å². The number of carbonyl (C=O) groups excluding carboxylic acids is 1. The number of ether oxygens (including phenoxy) is 3. The van der Waals surface area contributed by atoms with E-state index in [2.05, 4.69) is 32.9 Å². The minimum absolute atomic E-state index is 0.0470. The zero-order valence-electron chi connectivity index (χ0n) is 24.3. The fourth-order valence-electron chi connectivity index (χ4n) is 5.02. The maximum absolute atomic E-state index is 14.1. The Morgan fingerprint density at radius 3 is 2.02 bits per heavy atom. The maximum Gasteiger partial charge on any atom is 0.258 e. The van der Waals surface area contributed by atoms with Gasteiger partial charge in [0.25, 0.3) is 5.91 Å². The fraction of sp³-hybridized carbons (Fsp3) is 0.306. The van der Waals surface area contributed by atoms with Crippen molar-refractivity contribution in [2.24, 2.45) is 0 Å². The van der Waals surface area contributed by atoms with Crippen molar-refractivity contribution in [3.8, 4) is 17.2 Å². The van der Waals surface area contributed by atoms with E-state index < -0.39 is 0 Å². The highest BCUT2D eigenvalue weighted by atomic mass is 16.5. The monoisotopic (exact) mass is 549 g/mol. The Bertz CT molecular complexity index is 1450. The summed E-state index contributed by atoms with van der Waals surface area (Å²) in [4.78, 5) is 16.0. The third-order valence-corrected chi connectivity index (χ3v) is 7.39. The van der Waals surface area contributed by atoms with E-state index in [4.69, 9.17) is 14.2 Å². The minimum atomic E-state index is -0.0470. The molecule has 0 bridgehead atoms. The number of carbonyl (C=O) groups is 1. The van der Waals surface area contributed by atoms with Gasteiger partial charge >= 0.3 is 0 Å². The summed E-state index contributed by atoms with van der Waals surface area (Å²) in [5.74, 6) is 2.25. The van der Waals surface area contributed by atoms with E-state index in [1.54, 1.807) is 0 Å². The quantitative estimate of drug-likeness (QED) is 0.167. The van der Waals surface area contributed by atoms with Crippen molar-refractivity contribution < 1.29 is 19.0 Å². The van der Waals surface area contributed by atoms with Gasteiger partial charge in [0.1, 0.15) is 30.5 Å². The largest absolute Gasteiger partial charge is 0.494 e. The number of hydrogen-bond donors (Lipinski definition) is 0. The lowest BCUT2D eigenvalue weighted by atomic mass is 9.98. The van der Waals surface area contributed by atoms with E-state index in [0.29, 0.717) is 44.2 Å². The predicted octanol–water partition coefficient (Wildman–Crippen LogP) is 8.30. The van der Waals surface area contributed by atoms with Gasteiger partial charge in [-0.1, -0.05) is 93.9 Å². The highest BCUT2D eigenvalue weighted by molar-refractivity contribution is 5.98. The molecule has 0 aromatic heterocycles. The second kappa shape index (κ2) is 13.4. The first-order valence-corrected chi connectivity index (χ1v) is 14.6. The van der Waals surface area contributed by atoms with Gasteiger partial charge in [-0.05, 0) is 58.4 Å². The molecule has 1 amide bonds. The minimum Gasteiger partial charge on any atom is -0.494 e. The molecule has 212 valence electrons. The Morgan fingerprint density at radius 1 is 0.756 bits per heavy atom. The van der Waals surface area contributed by atoms with E-state index in [-0.39, 0.29) is 11.8 Å². The highest BCUT2D eigenvalue weighted by Crippen LogP contribution is 2.37. The molecule has 0 N–H and O–H groups in total. The molecule has 0 atom stereocenters. The molecule has 41 heavy (non-hydrogen) atoms. The molecule has 4 aromatic rings. The van der Waals surface area contributed by atoms with Crippen LogP contribution in [0.5, 0.6) is 17.2 Å². The SMILES string of the molecule is CCCCOc1ccc2c(c1)CN(C(=O)c1cc(C(C)C)c(OCc3ccccc3)cc1OCc1ccccc1)C2. The number of amides is 1. The molecule has 1 heterocycles. The molecule has 0 aliphatic carbocycles. The van der Waals surface area contributed by atoms with Crippen LogP contribution in [0.4, 0.5) is 0 Å². The summed E-state index contributed by atoms with van der Waals surface area (Å²) in [5.41, 5.74) is 5.95. The summed E-state index contributed by atoms with van der Waals surface area (Å²) < 4.78 is 18.6. The van der Waals surface area contributed by atoms with Crippen LogP contribution in [0, 0.1) is 0 Å². The van der Waals surface area contributed by atoms with Crippen LogP contribution in [-0.2, 0) is 26.3 Å². The van der Waals surface area contributed by atoms with E-state index in [1.807, 2.05) is 83.8 Å². The summed E-state index contributed by atoms with van der Waals surface area (Å²) in [6, 6.07) is 30.1. The zero-order valence-corrected chi connectivity index (χ0v) is 24.3. The lowest BCUT2D eigenvalue weighted by molar-refractivity contribution is 0.0746.